The number of nitrogens with one attached hydrogen (secondary N) is 1. The highest BCUT2D eigenvalue weighted by atomic mass is 15.2. The second-order valence-electron chi connectivity index (χ2n) is 7.19. The van der Waals surface area contributed by atoms with Gasteiger partial charge in [0.1, 0.15) is 0 Å². The summed E-state index contributed by atoms with van der Waals surface area (Å²) < 4.78 is 0. The third kappa shape index (κ3) is 4.73. The Balaban J connectivity index is 2.50. The van der Waals surface area contributed by atoms with Gasteiger partial charge in [-0.25, -0.2) is 0 Å². The molecule has 1 saturated carbocycles. The van der Waals surface area contributed by atoms with Crippen molar-refractivity contribution in [3.8, 4) is 0 Å². The van der Waals surface area contributed by atoms with Gasteiger partial charge >= 0.3 is 0 Å². The average Bonchev–Trinajstić information content (AvgIpc) is 2.34. The first kappa shape index (κ1) is 16.9. The zero-order valence-corrected chi connectivity index (χ0v) is 13.7. The van der Waals surface area contributed by atoms with Gasteiger partial charge in [-0.2, -0.15) is 0 Å². The largest absolute Gasteiger partial charge is 0.330 e. The minimum atomic E-state index is 0.355. The summed E-state index contributed by atoms with van der Waals surface area (Å²) in [6, 6.07) is 0. The Hall–Kier alpha value is -0.120. The van der Waals surface area contributed by atoms with E-state index in [1.54, 1.807) is 0 Å². The smallest absolute Gasteiger partial charge is 0.0330 e. The molecule has 1 fully saturated rings. The van der Waals surface area contributed by atoms with Gasteiger partial charge in [-0.15, -0.1) is 0 Å². The standard InChI is InChI=1S/C16H35N3/c1-13(2)15(10-17)11-18-12-16(19(4)5)8-6-7-14(3)9-16/h13-15,18H,6-12,17H2,1-5H3. The van der Waals surface area contributed by atoms with Crippen LogP contribution >= 0.6 is 0 Å². The van der Waals surface area contributed by atoms with Crippen LogP contribution in [0.3, 0.4) is 0 Å². The molecule has 0 bridgehead atoms. The van der Waals surface area contributed by atoms with Gasteiger partial charge in [-0.3, -0.25) is 0 Å². The van der Waals surface area contributed by atoms with Crippen molar-refractivity contribution in [2.24, 2.45) is 23.5 Å². The van der Waals surface area contributed by atoms with Crippen LogP contribution in [0.1, 0.15) is 46.5 Å². The van der Waals surface area contributed by atoms with Crippen LogP contribution < -0.4 is 11.1 Å². The molecule has 1 aliphatic rings. The quantitative estimate of drug-likeness (QED) is 0.745. The Kier molecular flexibility index (Phi) is 6.78. The van der Waals surface area contributed by atoms with Crippen LogP contribution in [0.5, 0.6) is 0 Å². The van der Waals surface area contributed by atoms with Gasteiger partial charge in [0.15, 0.2) is 0 Å². The molecule has 114 valence electrons. The Morgan fingerprint density at radius 1 is 1.37 bits per heavy atom. The fraction of sp³-hybridized carbons (Fsp3) is 1.00. The maximum Gasteiger partial charge on any atom is 0.0330 e. The lowest BCUT2D eigenvalue weighted by molar-refractivity contribution is 0.0737. The van der Waals surface area contributed by atoms with Crippen LogP contribution in [0.4, 0.5) is 0 Å². The molecule has 0 spiro atoms. The summed E-state index contributed by atoms with van der Waals surface area (Å²) in [4.78, 5) is 2.45. The van der Waals surface area contributed by atoms with Crippen molar-refractivity contribution in [2.45, 2.75) is 52.0 Å². The van der Waals surface area contributed by atoms with E-state index in [0.717, 1.165) is 25.6 Å². The van der Waals surface area contributed by atoms with E-state index in [2.05, 4.69) is 45.1 Å². The Morgan fingerprint density at radius 3 is 2.53 bits per heavy atom. The minimum absolute atomic E-state index is 0.355. The van der Waals surface area contributed by atoms with E-state index in [-0.39, 0.29) is 0 Å². The molecule has 3 heteroatoms. The zero-order chi connectivity index (χ0) is 14.5. The number of hydrogen-bond donors (Lipinski definition) is 2. The Bertz CT molecular complexity index is 252. The first-order chi connectivity index (χ1) is 8.91. The molecule has 0 amide bonds. The number of nitrogens with zero attached hydrogens (tertiary/aromatic N) is 1. The number of nitrogens with two attached hydrogens (primary N) is 1. The Morgan fingerprint density at radius 2 is 2.05 bits per heavy atom. The van der Waals surface area contributed by atoms with Crippen LogP contribution in [-0.4, -0.2) is 44.2 Å². The van der Waals surface area contributed by atoms with Gasteiger partial charge in [0, 0.05) is 12.1 Å². The van der Waals surface area contributed by atoms with Crippen LogP contribution in [0, 0.1) is 17.8 Å². The molecule has 0 heterocycles. The van der Waals surface area contributed by atoms with Gasteiger partial charge in [-0.05, 0) is 57.8 Å². The van der Waals surface area contributed by atoms with E-state index < -0.39 is 0 Å². The Labute approximate surface area is 120 Å². The van der Waals surface area contributed by atoms with Gasteiger partial charge in [-0.1, -0.05) is 33.6 Å². The third-order valence-corrected chi connectivity index (χ3v) is 5.12. The monoisotopic (exact) mass is 269 g/mol. The van der Waals surface area contributed by atoms with Crippen molar-refractivity contribution in [1.29, 1.82) is 0 Å². The molecule has 0 radical (unpaired) electrons. The molecule has 1 aliphatic carbocycles. The molecule has 1 rings (SSSR count). The van der Waals surface area contributed by atoms with Crippen molar-refractivity contribution in [3.63, 3.8) is 0 Å². The zero-order valence-electron chi connectivity index (χ0n) is 13.7. The molecule has 3 nitrogen and oxygen atoms in total. The van der Waals surface area contributed by atoms with Crippen LogP contribution in [-0.2, 0) is 0 Å². The van der Waals surface area contributed by atoms with Crippen LogP contribution in [0.15, 0.2) is 0 Å². The second-order valence-corrected chi connectivity index (χ2v) is 7.19. The number of hydrogen-bond acceptors (Lipinski definition) is 3. The summed E-state index contributed by atoms with van der Waals surface area (Å²) >= 11 is 0. The molecule has 3 N–H and O–H groups in total. The van der Waals surface area contributed by atoms with Crippen molar-refractivity contribution in [1.82, 2.24) is 10.2 Å². The molecule has 19 heavy (non-hydrogen) atoms. The van der Waals surface area contributed by atoms with Crippen molar-refractivity contribution < 1.29 is 0 Å². The predicted molar refractivity (Wildman–Crippen MR) is 84.3 cm³/mol. The molecule has 0 aromatic rings. The van der Waals surface area contributed by atoms with Crippen LogP contribution in [0.2, 0.25) is 0 Å². The summed E-state index contributed by atoms with van der Waals surface area (Å²) in [7, 11) is 4.48. The first-order valence-electron chi connectivity index (χ1n) is 7.99. The van der Waals surface area contributed by atoms with Crippen molar-refractivity contribution in [2.75, 3.05) is 33.7 Å². The summed E-state index contributed by atoms with van der Waals surface area (Å²) in [6.07, 6.45) is 5.41. The van der Waals surface area contributed by atoms with Crippen molar-refractivity contribution in [3.05, 3.63) is 0 Å². The second kappa shape index (κ2) is 7.61. The van der Waals surface area contributed by atoms with E-state index in [4.69, 9.17) is 5.73 Å². The minimum Gasteiger partial charge on any atom is -0.330 e. The van der Waals surface area contributed by atoms with E-state index in [9.17, 15) is 0 Å². The summed E-state index contributed by atoms with van der Waals surface area (Å²) in [5, 5.41) is 3.71. The lowest BCUT2D eigenvalue weighted by Crippen LogP contribution is -2.55. The van der Waals surface area contributed by atoms with Crippen molar-refractivity contribution >= 4 is 0 Å². The highest BCUT2D eigenvalue weighted by Crippen LogP contribution is 2.35. The van der Waals surface area contributed by atoms with E-state index in [1.165, 1.54) is 25.7 Å². The van der Waals surface area contributed by atoms with Crippen LogP contribution in [0.25, 0.3) is 0 Å². The van der Waals surface area contributed by atoms with Gasteiger partial charge in [0.2, 0.25) is 0 Å². The highest BCUT2D eigenvalue weighted by molar-refractivity contribution is 4.94. The van der Waals surface area contributed by atoms with E-state index in [0.29, 0.717) is 17.4 Å². The summed E-state index contributed by atoms with van der Waals surface area (Å²) in [5.74, 6) is 2.12. The lowest BCUT2D eigenvalue weighted by atomic mass is 9.75. The highest BCUT2D eigenvalue weighted by Gasteiger charge is 2.36. The first-order valence-corrected chi connectivity index (χ1v) is 7.99. The predicted octanol–water partition coefficient (Wildman–Crippen LogP) is 2.32. The maximum atomic E-state index is 5.86. The fourth-order valence-electron chi connectivity index (χ4n) is 3.44. The molecule has 0 aromatic heterocycles. The van der Waals surface area contributed by atoms with Gasteiger partial charge < -0.3 is 16.0 Å². The molecule has 0 aliphatic heterocycles. The summed E-state index contributed by atoms with van der Waals surface area (Å²) in [5.41, 5.74) is 6.21. The fourth-order valence-corrected chi connectivity index (χ4v) is 3.44. The molecule has 3 atom stereocenters. The molecule has 0 aromatic carbocycles. The number of likely N-dealkylation sites (N-methyl/N-ethyl adjacent to an activating group) is 1. The topological polar surface area (TPSA) is 41.3 Å². The third-order valence-electron chi connectivity index (χ3n) is 5.12. The maximum absolute atomic E-state index is 5.86. The molecule has 3 unspecified atom stereocenters. The molecule has 0 saturated heterocycles. The normalized spacial score (nSPS) is 30.0. The van der Waals surface area contributed by atoms with E-state index in [1.807, 2.05) is 0 Å². The molecular formula is C16H35N3. The molecular weight excluding hydrogens is 234 g/mol. The van der Waals surface area contributed by atoms with Gasteiger partial charge in [0.25, 0.3) is 0 Å². The average molecular weight is 269 g/mol. The SMILES string of the molecule is CC1CCCC(CNCC(CN)C(C)C)(N(C)C)C1. The van der Waals surface area contributed by atoms with Gasteiger partial charge in [0.05, 0.1) is 0 Å². The summed E-state index contributed by atoms with van der Waals surface area (Å²) in [6.45, 7) is 9.88. The van der Waals surface area contributed by atoms with E-state index >= 15 is 0 Å². The lowest BCUT2D eigenvalue weighted by Gasteiger charge is -2.45. The number of rotatable bonds is 7.